The van der Waals surface area contributed by atoms with E-state index in [0.29, 0.717) is 5.41 Å². The molecule has 76 valence electrons. The van der Waals surface area contributed by atoms with E-state index < -0.39 is 0 Å². The van der Waals surface area contributed by atoms with E-state index >= 15 is 0 Å². The summed E-state index contributed by atoms with van der Waals surface area (Å²) >= 11 is 6.06. The minimum Gasteiger partial charge on any atom is -0.0843 e. The van der Waals surface area contributed by atoms with E-state index in [1.165, 1.54) is 36.8 Å². The van der Waals surface area contributed by atoms with E-state index in [1.54, 1.807) is 0 Å². The number of hydrogen-bond acceptors (Lipinski definition) is 0. The molecule has 1 heteroatoms. The zero-order valence-electron chi connectivity index (χ0n) is 8.94. The first-order valence-corrected chi connectivity index (χ1v) is 5.82. The fourth-order valence-corrected chi connectivity index (χ4v) is 2.67. The van der Waals surface area contributed by atoms with Gasteiger partial charge in [-0.1, -0.05) is 31.5 Å². The summed E-state index contributed by atoms with van der Waals surface area (Å²) in [5, 5.41) is 0.880. The molecule has 1 atom stereocenters. The molecule has 1 aromatic rings. The normalized spacial score (nSPS) is 25.9. The fraction of sp³-hybridized carbons (Fsp3) is 0.538. The number of halogens is 1. The number of rotatable bonds is 1. The van der Waals surface area contributed by atoms with Crippen molar-refractivity contribution in [1.29, 1.82) is 0 Å². The van der Waals surface area contributed by atoms with Crippen LogP contribution in [-0.2, 0) is 11.8 Å². The van der Waals surface area contributed by atoms with Gasteiger partial charge in [-0.3, -0.25) is 0 Å². The number of benzene rings is 1. The lowest BCUT2D eigenvalue weighted by Crippen LogP contribution is -2.26. The summed E-state index contributed by atoms with van der Waals surface area (Å²) in [5.74, 6) is 0. The summed E-state index contributed by atoms with van der Waals surface area (Å²) in [7, 11) is 0. The molecule has 0 amide bonds. The largest absolute Gasteiger partial charge is 0.0843 e. The molecule has 0 N–H and O–H groups in total. The van der Waals surface area contributed by atoms with Crippen molar-refractivity contribution in [1.82, 2.24) is 0 Å². The van der Waals surface area contributed by atoms with Gasteiger partial charge in [0.05, 0.1) is 0 Å². The quantitative estimate of drug-likeness (QED) is 0.644. The van der Waals surface area contributed by atoms with Crippen molar-refractivity contribution < 1.29 is 0 Å². The maximum atomic E-state index is 6.06. The lowest BCUT2D eigenvalue weighted by atomic mass is 9.70. The highest BCUT2D eigenvalue weighted by Crippen LogP contribution is 2.40. The van der Waals surface area contributed by atoms with Gasteiger partial charge in [-0.15, -0.1) is 0 Å². The monoisotopic (exact) mass is 208 g/mol. The molecule has 0 radical (unpaired) electrons. The predicted molar refractivity (Wildman–Crippen MR) is 62.0 cm³/mol. The van der Waals surface area contributed by atoms with Gasteiger partial charge in [-0.25, -0.2) is 0 Å². The first-order chi connectivity index (χ1) is 6.65. The van der Waals surface area contributed by atoms with Crippen LogP contribution in [-0.4, -0.2) is 0 Å². The summed E-state index contributed by atoms with van der Waals surface area (Å²) in [6.07, 6.45) is 5.05. The van der Waals surface area contributed by atoms with Crippen molar-refractivity contribution in [2.45, 2.75) is 44.9 Å². The fourth-order valence-electron chi connectivity index (χ4n) is 2.50. The van der Waals surface area contributed by atoms with Crippen LogP contribution in [0.15, 0.2) is 18.2 Å². The van der Waals surface area contributed by atoms with E-state index in [4.69, 9.17) is 11.6 Å². The van der Waals surface area contributed by atoms with Crippen LogP contribution in [0, 0.1) is 0 Å². The third-order valence-electron chi connectivity index (χ3n) is 3.68. The molecule has 0 spiro atoms. The van der Waals surface area contributed by atoms with E-state index in [9.17, 15) is 0 Å². The van der Waals surface area contributed by atoms with Crippen LogP contribution in [0.25, 0.3) is 0 Å². The molecule has 0 aliphatic heterocycles. The first kappa shape index (κ1) is 10.0. The second-order valence-electron chi connectivity index (χ2n) is 4.57. The van der Waals surface area contributed by atoms with Crippen molar-refractivity contribution in [3.05, 3.63) is 34.3 Å². The van der Waals surface area contributed by atoms with Crippen molar-refractivity contribution in [2.24, 2.45) is 0 Å². The van der Waals surface area contributed by atoms with Gasteiger partial charge in [0.1, 0.15) is 0 Å². The number of fused-ring (bicyclic) bond motifs is 1. The second kappa shape index (κ2) is 3.58. The van der Waals surface area contributed by atoms with Gasteiger partial charge in [-0.2, -0.15) is 0 Å². The maximum absolute atomic E-state index is 6.06. The SMILES string of the molecule is CCC1(C)CCCc2ccc(Cl)cc21. The molecule has 1 aromatic carbocycles. The van der Waals surface area contributed by atoms with Gasteiger partial charge >= 0.3 is 0 Å². The van der Waals surface area contributed by atoms with Crippen LogP contribution in [0.4, 0.5) is 0 Å². The van der Waals surface area contributed by atoms with Gasteiger partial charge in [0.2, 0.25) is 0 Å². The Kier molecular flexibility index (Phi) is 2.57. The Morgan fingerprint density at radius 1 is 1.43 bits per heavy atom. The van der Waals surface area contributed by atoms with E-state index in [-0.39, 0.29) is 0 Å². The van der Waals surface area contributed by atoms with Gasteiger partial charge in [0, 0.05) is 5.02 Å². The van der Waals surface area contributed by atoms with Crippen LogP contribution < -0.4 is 0 Å². The minimum atomic E-state index is 0.360. The Morgan fingerprint density at radius 2 is 2.21 bits per heavy atom. The highest BCUT2D eigenvalue weighted by atomic mass is 35.5. The Bertz CT molecular complexity index is 343. The Labute approximate surface area is 91.3 Å². The third kappa shape index (κ3) is 1.56. The second-order valence-corrected chi connectivity index (χ2v) is 5.01. The minimum absolute atomic E-state index is 0.360. The van der Waals surface area contributed by atoms with Crippen molar-refractivity contribution in [3.63, 3.8) is 0 Å². The van der Waals surface area contributed by atoms with Gasteiger partial charge in [0.25, 0.3) is 0 Å². The summed E-state index contributed by atoms with van der Waals surface area (Å²) in [6, 6.07) is 6.38. The number of aryl methyl sites for hydroxylation is 1. The Balaban J connectivity index is 2.52. The molecular weight excluding hydrogens is 192 g/mol. The summed E-state index contributed by atoms with van der Waals surface area (Å²) in [4.78, 5) is 0. The van der Waals surface area contributed by atoms with Crippen LogP contribution in [0.2, 0.25) is 5.02 Å². The summed E-state index contributed by atoms with van der Waals surface area (Å²) < 4.78 is 0. The Morgan fingerprint density at radius 3 is 2.93 bits per heavy atom. The molecule has 0 fully saturated rings. The zero-order valence-corrected chi connectivity index (χ0v) is 9.69. The van der Waals surface area contributed by atoms with Crippen molar-refractivity contribution in [3.8, 4) is 0 Å². The molecule has 0 nitrogen and oxygen atoms in total. The maximum Gasteiger partial charge on any atom is 0.0409 e. The van der Waals surface area contributed by atoms with Crippen LogP contribution in [0.3, 0.4) is 0 Å². The molecule has 1 aliphatic rings. The molecule has 2 rings (SSSR count). The van der Waals surface area contributed by atoms with E-state index in [0.717, 1.165) is 5.02 Å². The van der Waals surface area contributed by atoms with Crippen molar-refractivity contribution in [2.75, 3.05) is 0 Å². The third-order valence-corrected chi connectivity index (χ3v) is 3.91. The smallest absolute Gasteiger partial charge is 0.0409 e. The molecule has 0 saturated carbocycles. The molecule has 1 aliphatic carbocycles. The van der Waals surface area contributed by atoms with E-state index in [1.807, 2.05) is 6.07 Å². The highest BCUT2D eigenvalue weighted by Gasteiger charge is 2.30. The standard InChI is InChI=1S/C13H17Cl/c1-3-13(2)8-4-5-10-6-7-11(14)9-12(10)13/h6-7,9H,3-5,8H2,1-2H3. The van der Waals surface area contributed by atoms with Crippen molar-refractivity contribution >= 4 is 11.6 Å². The summed E-state index contributed by atoms with van der Waals surface area (Å²) in [5.41, 5.74) is 3.35. The number of hydrogen-bond donors (Lipinski definition) is 0. The first-order valence-electron chi connectivity index (χ1n) is 5.44. The molecule has 1 unspecified atom stereocenters. The molecule has 0 aromatic heterocycles. The van der Waals surface area contributed by atoms with Crippen LogP contribution in [0.1, 0.15) is 44.2 Å². The zero-order chi connectivity index (χ0) is 10.2. The molecular formula is C13H17Cl. The lowest BCUT2D eigenvalue weighted by Gasteiger charge is -2.35. The van der Waals surface area contributed by atoms with E-state index in [2.05, 4.69) is 26.0 Å². The average molecular weight is 209 g/mol. The van der Waals surface area contributed by atoms with Crippen LogP contribution in [0.5, 0.6) is 0 Å². The predicted octanol–water partition coefficient (Wildman–Crippen LogP) is 4.34. The Hall–Kier alpha value is -0.490. The molecule has 0 bridgehead atoms. The van der Waals surface area contributed by atoms with Crippen LogP contribution >= 0.6 is 11.6 Å². The molecule has 0 heterocycles. The highest BCUT2D eigenvalue weighted by molar-refractivity contribution is 6.30. The molecule has 14 heavy (non-hydrogen) atoms. The van der Waals surface area contributed by atoms with Gasteiger partial charge in [-0.05, 0) is 54.4 Å². The molecule has 0 saturated heterocycles. The van der Waals surface area contributed by atoms with Gasteiger partial charge < -0.3 is 0 Å². The lowest BCUT2D eigenvalue weighted by molar-refractivity contribution is 0.381. The topological polar surface area (TPSA) is 0 Å². The average Bonchev–Trinajstić information content (AvgIpc) is 2.20. The summed E-state index contributed by atoms with van der Waals surface area (Å²) in [6.45, 7) is 4.64. The van der Waals surface area contributed by atoms with Gasteiger partial charge in [0.15, 0.2) is 0 Å².